The number of nitroso groups, excluding NO2 is 1. The highest BCUT2D eigenvalue weighted by Crippen LogP contribution is 2.20. The lowest BCUT2D eigenvalue weighted by atomic mass is 10.1. The second-order valence-electron chi connectivity index (χ2n) is 4.75. The molecule has 7 heteroatoms. The molecule has 0 fully saturated rings. The van der Waals surface area contributed by atoms with Gasteiger partial charge in [0.2, 0.25) is 0 Å². The van der Waals surface area contributed by atoms with Crippen molar-refractivity contribution in [3.63, 3.8) is 0 Å². The summed E-state index contributed by atoms with van der Waals surface area (Å²) in [6.45, 7) is 1.68. The normalized spacial score (nSPS) is 11.1. The average Bonchev–Trinajstić information content (AvgIpc) is 2.54. The summed E-state index contributed by atoms with van der Waals surface area (Å²) in [5, 5.41) is 2.82. The molecule has 2 N–H and O–H groups in total. The fraction of sp³-hybridized carbons (Fsp3) is 0.0625. The number of carbonyl (C=O) groups is 2. The van der Waals surface area contributed by atoms with Crippen molar-refractivity contribution in [2.24, 2.45) is 15.9 Å². The predicted molar refractivity (Wildman–Crippen MR) is 83.5 cm³/mol. The number of aldehydes is 1. The van der Waals surface area contributed by atoms with Gasteiger partial charge in [-0.3, -0.25) is 9.59 Å². The maximum absolute atomic E-state index is 13.5. The van der Waals surface area contributed by atoms with Crippen molar-refractivity contribution in [3.8, 4) is 0 Å². The van der Waals surface area contributed by atoms with E-state index in [-0.39, 0.29) is 28.2 Å². The minimum absolute atomic E-state index is 0.117. The maximum Gasteiger partial charge on any atom is 0.279 e. The number of rotatable bonds is 4. The SMILES string of the molecule is Cc1ccc(C(=O)N=C(N)c2ccc(C=O)c(F)c2)cc1N=O. The highest BCUT2D eigenvalue weighted by molar-refractivity contribution is 6.09. The Hall–Kier alpha value is -3.22. The Morgan fingerprint density at radius 2 is 1.87 bits per heavy atom. The van der Waals surface area contributed by atoms with Gasteiger partial charge in [-0.25, -0.2) is 4.39 Å². The van der Waals surface area contributed by atoms with E-state index in [1.807, 2.05) is 0 Å². The van der Waals surface area contributed by atoms with Gasteiger partial charge < -0.3 is 5.73 Å². The van der Waals surface area contributed by atoms with Crippen molar-refractivity contribution in [3.05, 3.63) is 69.4 Å². The molecular weight excluding hydrogens is 301 g/mol. The van der Waals surface area contributed by atoms with Crippen LogP contribution in [0.25, 0.3) is 0 Å². The van der Waals surface area contributed by atoms with Crippen LogP contribution in [-0.2, 0) is 0 Å². The monoisotopic (exact) mass is 313 g/mol. The first-order valence-electron chi connectivity index (χ1n) is 6.54. The molecule has 0 atom stereocenters. The molecule has 0 unspecified atom stereocenters. The van der Waals surface area contributed by atoms with Crippen molar-refractivity contribution >= 4 is 23.7 Å². The second kappa shape index (κ2) is 6.69. The van der Waals surface area contributed by atoms with Crippen LogP contribution in [-0.4, -0.2) is 18.0 Å². The molecule has 0 saturated carbocycles. The van der Waals surface area contributed by atoms with Crippen molar-refractivity contribution in [2.75, 3.05) is 0 Å². The molecule has 0 aliphatic heterocycles. The minimum Gasteiger partial charge on any atom is -0.383 e. The van der Waals surface area contributed by atoms with Crippen LogP contribution in [0.4, 0.5) is 10.1 Å². The lowest BCUT2D eigenvalue weighted by Crippen LogP contribution is -2.16. The number of amides is 1. The number of nitrogens with two attached hydrogens (primary N) is 1. The number of amidine groups is 1. The van der Waals surface area contributed by atoms with Gasteiger partial charge in [-0.05, 0) is 41.9 Å². The summed E-state index contributed by atoms with van der Waals surface area (Å²) in [6.07, 6.45) is 0.373. The van der Waals surface area contributed by atoms with E-state index < -0.39 is 11.7 Å². The van der Waals surface area contributed by atoms with Crippen molar-refractivity contribution in [1.29, 1.82) is 0 Å². The van der Waals surface area contributed by atoms with E-state index in [0.29, 0.717) is 11.8 Å². The van der Waals surface area contributed by atoms with Gasteiger partial charge in [0.05, 0.1) is 5.56 Å². The van der Waals surface area contributed by atoms with E-state index in [9.17, 15) is 18.9 Å². The number of nitrogens with zero attached hydrogens (tertiary/aromatic N) is 2. The van der Waals surface area contributed by atoms with E-state index in [0.717, 1.165) is 6.07 Å². The predicted octanol–water partition coefficient (Wildman–Crippen LogP) is 2.89. The highest BCUT2D eigenvalue weighted by atomic mass is 19.1. The standard InChI is InChI=1S/C16H12FN3O3/c1-9-2-3-11(7-14(9)20-23)16(22)19-15(18)10-4-5-12(8-21)13(17)6-10/h2-8H,1H3,(H2,18,19,22). The Morgan fingerprint density at radius 1 is 1.17 bits per heavy atom. The van der Waals surface area contributed by atoms with Crippen LogP contribution < -0.4 is 5.73 Å². The third-order valence-electron chi connectivity index (χ3n) is 3.20. The lowest BCUT2D eigenvalue weighted by Gasteiger charge is -2.03. The molecular formula is C16H12FN3O3. The molecule has 0 aliphatic carbocycles. The van der Waals surface area contributed by atoms with Gasteiger partial charge in [0, 0.05) is 11.1 Å². The molecule has 6 nitrogen and oxygen atoms in total. The number of benzene rings is 2. The number of aryl methyl sites for hydroxylation is 1. The van der Waals surface area contributed by atoms with Crippen LogP contribution in [0.5, 0.6) is 0 Å². The molecule has 2 rings (SSSR count). The molecule has 2 aromatic carbocycles. The van der Waals surface area contributed by atoms with Crippen LogP contribution in [0.2, 0.25) is 0 Å². The molecule has 23 heavy (non-hydrogen) atoms. The van der Waals surface area contributed by atoms with Crippen molar-refractivity contribution in [1.82, 2.24) is 0 Å². The van der Waals surface area contributed by atoms with Gasteiger partial charge >= 0.3 is 0 Å². The van der Waals surface area contributed by atoms with E-state index in [4.69, 9.17) is 5.73 Å². The molecule has 0 aromatic heterocycles. The Kier molecular flexibility index (Phi) is 4.70. The summed E-state index contributed by atoms with van der Waals surface area (Å²) in [5.41, 5.74) is 6.63. The summed E-state index contributed by atoms with van der Waals surface area (Å²) < 4.78 is 13.5. The molecule has 0 radical (unpaired) electrons. The second-order valence-corrected chi connectivity index (χ2v) is 4.75. The number of halogens is 1. The summed E-state index contributed by atoms with van der Waals surface area (Å²) in [5.74, 6) is -1.65. The van der Waals surface area contributed by atoms with Crippen molar-refractivity contribution in [2.45, 2.75) is 6.92 Å². The van der Waals surface area contributed by atoms with Crippen LogP contribution in [0.3, 0.4) is 0 Å². The van der Waals surface area contributed by atoms with Crippen LogP contribution in [0.15, 0.2) is 46.6 Å². The molecule has 0 heterocycles. The van der Waals surface area contributed by atoms with E-state index >= 15 is 0 Å². The number of carbonyl (C=O) groups excluding carboxylic acids is 2. The third-order valence-corrected chi connectivity index (χ3v) is 3.20. The topological polar surface area (TPSA) is 102 Å². The van der Waals surface area contributed by atoms with E-state index in [1.54, 1.807) is 13.0 Å². The highest BCUT2D eigenvalue weighted by Gasteiger charge is 2.11. The zero-order valence-corrected chi connectivity index (χ0v) is 12.1. The zero-order chi connectivity index (χ0) is 17.0. The molecule has 1 amide bonds. The Balaban J connectivity index is 2.33. The van der Waals surface area contributed by atoms with Gasteiger partial charge in [0.25, 0.3) is 5.91 Å². The quantitative estimate of drug-likeness (QED) is 0.406. The largest absolute Gasteiger partial charge is 0.383 e. The molecule has 0 saturated heterocycles. The van der Waals surface area contributed by atoms with Gasteiger partial charge in [0.1, 0.15) is 17.3 Å². The molecule has 0 bridgehead atoms. The maximum atomic E-state index is 13.5. The van der Waals surface area contributed by atoms with Crippen LogP contribution >= 0.6 is 0 Å². The van der Waals surface area contributed by atoms with Gasteiger partial charge in [-0.1, -0.05) is 12.1 Å². The summed E-state index contributed by atoms with van der Waals surface area (Å²) in [6, 6.07) is 7.99. The smallest absolute Gasteiger partial charge is 0.279 e. The van der Waals surface area contributed by atoms with Gasteiger partial charge in [-0.2, -0.15) is 4.99 Å². The lowest BCUT2D eigenvalue weighted by molar-refractivity contribution is 0.100. The first-order valence-corrected chi connectivity index (χ1v) is 6.54. The Bertz CT molecular complexity index is 831. The fourth-order valence-corrected chi connectivity index (χ4v) is 1.86. The minimum atomic E-state index is -0.758. The Morgan fingerprint density at radius 3 is 2.48 bits per heavy atom. The summed E-state index contributed by atoms with van der Waals surface area (Å²) >= 11 is 0. The number of aliphatic imine (C=N–C) groups is 1. The number of hydrogen-bond acceptors (Lipinski definition) is 4. The first kappa shape index (κ1) is 16.2. The Labute approximate surface area is 130 Å². The van der Waals surface area contributed by atoms with E-state index in [2.05, 4.69) is 10.2 Å². The van der Waals surface area contributed by atoms with Gasteiger partial charge in [-0.15, -0.1) is 4.91 Å². The third kappa shape index (κ3) is 3.52. The molecule has 0 spiro atoms. The number of hydrogen-bond donors (Lipinski definition) is 1. The molecule has 2 aromatic rings. The van der Waals surface area contributed by atoms with Crippen LogP contribution in [0, 0.1) is 17.6 Å². The average molecular weight is 313 g/mol. The first-order chi connectivity index (χ1) is 11.0. The molecule has 0 aliphatic rings. The van der Waals surface area contributed by atoms with Crippen LogP contribution in [0.1, 0.15) is 31.8 Å². The van der Waals surface area contributed by atoms with Gasteiger partial charge in [0.15, 0.2) is 6.29 Å². The molecule has 116 valence electrons. The van der Waals surface area contributed by atoms with E-state index in [1.165, 1.54) is 24.3 Å². The summed E-state index contributed by atoms with van der Waals surface area (Å²) in [4.78, 5) is 37.0. The fourth-order valence-electron chi connectivity index (χ4n) is 1.86. The van der Waals surface area contributed by atoms with Crippen molar-refractivity contribution < 1.29 is 14.0 Å². The zero-order valence-electron chi connectivity index (χ0n) is 12.1. The summed E-state index contributed by atoms with van der Waals surface area (Å²) in [7, 11) is 0.